The Hall–Kier alpha value is -1.31. The van der Waals surface area contributed by atoms with Crippen molar-refractivity contribution >= 4 is 11.9 Å². The summed E-state index contributed by atoms with van der Waals surface area (Å²) in [4.78, 5) is 22.0. The van der Waals surface area contributed by atoms with E-state index in [0.29, 0.717) is 12.8 Å². The molecule has 0 saturated carbocycles. The molecule has 0 aromatic heterocycles. The lowest BCUT2D eigenvalue weighted by Crippen LogP contribution is -2.33. The first-order chi connectivity index (χ1) is 8.76. The molecule has 5 nitrogen and oxygen atoms in total. The molecule has 0 radical (unpaired) electrons. The third kappa shape index (κ3) is 10.3. The van der Waals surface area contributed by atoms with Crippen LogP contribution in [0.2, 0.25) is 0 Å². The minimum Gasteiger partial charge on any atom is -0.481 e. The Labute approximate surface area is 109 Å². The first-order valence-electron chi connectivity index (χ1n) is 5.90. The molecule has 1 atom stereocenters. The van der Waals surface area contributed by atoms with Gasteiger partial charge in [-0.25, -0.2) is 0 Å². The zero-order valence-corrected chi connectivity index (χ0v) is 10.6. The summed E-state index contributed by atoms with van der Waals surface area (Å²) in [5.74, 6) is -2.20. The van der Waals surface area contributed by atoms with Crippen LogP contribution in [0.1, 0.15) is 26.2 Å². The minimum absolute atomic E-state index is 0.0265. The number of ether oxygens (including phenoxy) is 1. The number of alkyl halides is 3. The summed E-state index contributed by atoms with van der Waals surface area (Å²) in [5.41, 5.74) is 0. The van der Waals surface area contributed by atoms with Crippen molar-refractivity contribution < 1.29 is 32.6 Å². The normalized spacial score (nSPS) is 13.1. The second-order valence-electron chi connectivity index (χ2n) is 4.05. The summed E-state index contributed by atoms with van der Waals surface area (Å²) in [6, 6.07) is 0. The van der Waals surface area contributed by atoms with E-state index in [-0.39, 0.29) is 19.6 Å². The van der Waals surface area contributed by atoms with E-state index < -0.39 is 30.6 Å². The first kappa shape index (κ1) is 17.7. The highest BCUT2D eigenvalue weighted by Gasteiger charge is 2.27. The van der Waals surface area contributed by atoms with Crippen LogP contribution in [0.4, 0.5) is 13.2 Å². The van der Waals surface area contributed by atoms with Crippen molar-refractivity contribution in [2.24, 2.45) is 5.92 Å². The SMILES string of the molecule is CCCC(CNC(=O)CCOCC(F)(F)F)C(=O)O. The van der Waals surface area contributed by atoms with Crippen LogP contribution in [-0.2, 0) is 14.3 Å². The van der Waals surface area contributed by atoms with Crippen LogP contribution >= 0.6 is 0 Å². The summed E-state index contributed by atoms with van der Waals surface area (Å²) >= 11 is 0. The summed E-state index contributed by atoms with van der Waals surface area (Å²) in [6.07, 6.45) is -3.54. The molecule has 0 heterocycles. The topological polar surface area (TPSA) is 75.6 Å². The predicted molar refractivity (Wildman–Crippen MR) is 60.5 cm³/mol. The molecule has 0 saturated heterocycles. The van der Waals surface area contributed by atoms with Crippen LogP contribution in [0.3, 0.4) is 0 Å². The number of amides is 1. The van der Waals surface area contributed by atoms with Gasteiger partial charge >= 0.3 is 12.1 Å². The number of nitrogens with one attached hydrogen (secondary N) is 1. The standard InChI is InChI=1S/C11H18F3NO4/c1-2-3-8(10(17)18)6-15-9(16)4-5-19-7-11(12,13)14/h8H,2-7H2,1H3,(H,15,16)(H,17,18). The summed E-state index contributed by atoms with van der Waals surface area (Å²) in [5, 5.41) is 11.2. The van der Waals surface area contributed by atoms with Gasteiger partial charge < -0.3 is 15.2 Å². The summed E-state index contributed by atoms with van der Waals surface area (Å²) < 4.78 is 39.4. The number of hydrogen-bond donors (Lipinski definition) is 2. The molecule has 1 amide bonds. The largest absolute Gasteiger partial charge is 0.481 e. The third-order valence-corrected chi connectivity index (χ3v) is 2.27. The van der Waals surface area contributed by atoms with Gasteiger partial charge in [-0.15, -0.1) is 0 Å². The lowest BCUT2D eigenvalue weighted by atomic mass is 10.0. The molecule has 0 aliphatic carbocycles. The van der Waals surface area contributed by atoms with Crippen LogP contribution in [0.5, 0.6) is 0 Å². The molecule has 2 N–H and O–H groups in total. The van der Waals surface area contributed by atoms with Crippen molar-refractivity contribution in [1.29, 1.82) is 0 Å². The number of aliphatic carboxylic acids is 1. The van der Waals surface area contributed by atoms with Gasteiger partial charge in [-0.1, -0.05) is 13.3 Å². The fourth-order valence-electron chi connectivity index (χ4n) is 1.34. The fraction of sp³-hybridized carbons (Fsp3) is 0.818. The van der Waals surface area contributed by atoms with Crippen LogP contribution < -0.4 is 5.32 Å². The van der Waals surface area contributed by atoms with E-state index >= 15 is 0 Å². The van der Waals surface area contributed by atoms with Crippen molar-refractivity contribution in [3.8, 4) is 0 Å². The maximum absolute atomic E-state index is 11.7. The molecular formula is C11H18F3NO4. The number of rotatable bonds is 9. The Morgan fingerprint density at radius 2 is 2.00 bits per heavy atom. The molecule has 1 unspecified atom stereocenters. The van der Waals surface area contributed by atoms with Gasteiger partial charge in [0.2, 0.25) is 5.91 Å². The molecule has 0 aromatic carbocycles. The number of carboxylic acid groups (broad SMARTS) is 1. The quantitative estimate of drug-likeness (QED) is 0.631. The van der Waals surface area contributed by atoms with Crippen molar-refractivity contribution in [1.82, 2.24) is 5.32 Å². The van der Waals surface area contributed by atoms with E-state index in [9.17, 15) is 22.8 Å². The zero-order valence-electron chi connectivity index (χ0n) is 10.6. The average molecular weight is 285 g/mol. The Morgan fingerprint density at radius 3 is 2.47 bits per heavy atom. The lowest BCUT2D eigenvalue weighted by Gasteiger charge is -2.12. The molecule has 0 rings (SSSR count). The second kappa shape index (κ2) is 8.73. The van der Waals surface area contributed by atoms with Crippen LogP contribution in [0, 0.1) is 5.92 Å². The van der Waals surface area contributed by atoms with Gasteiger partial charge in [-0.2, -0.15) is 13.2 Å². The van der Waals surface area contributed by atoms with Gasteiger partial charge in [0.25, 0.3) is 0 Å². The highest BCUT2D eigenvalue weighted by Crippen LogP contribution is 2.14. The van der Waals surface area contributed by atoms with E-state index in [1.165, 1.54) is 0 Å². The molecule has 0 fully saturated rings. The highest BCUT2D eigenvalue weighted by atomic mass is 19.4. The number of carboxylic acids is 1. The maximum Gasteiger partial charge on any atom is 0.411 e. The van der Waals surface area contributed by atoms with Crippen molar-refractivity contribution in [3.63, 3.8) is 0 Å². The van der Waals surface area contributed by atoms with Gasteiger partial charge in [0, 0.05) is 13.0 Å². The Kier molecular flexibility index (Phi) is 8.13. The number of hydrogen-bond acceptors (Lipinski definition) is 3. The summed E-state index contributed by atoms with van der Waals surface area (Å²) in [6.45, 7) is 0.0503. The molecule has 0 aromatic rings. The number of carbonyl (C=O) groups excluding carboxylic acids is 1. The van der Waals surface area contributed by atoms with Crippen LogP contribution in [-0.4, -0.2) is 42.9 Å². The Morgan fingerprint density at radius 1 is 1.37 bits per heavy atom. The molecule has 8 heteroatoms. The van der Waals surface area contributed by atoms with E-state index in [2.05, 4.69) is 10.1 Å². The lowest BCUT2D eigenvalue weighted by molar-refractivity contribution is -0.174. The molecular weight excluding hydrogens is 267 g/mol. The first-order valence-corrected chi connectivity index (χ1v) is 5.90. The average Bonchev–Trinajstić information content (AvgIpc) is 2.28. The van der Waals surface area contributed by atoms with Gasteiger partial charge in [0.05, 0.1) is 12.5 Å². The predicted octanol–water partition coefficient (Wildman–Crippen LogP) is 1.57. The van der Waals surface area contributed by atoms with Crippen molar-refractivity contribution in [2.75, 3.05) is 19.8 Å². The van der Waals surface area contributed by atoms with Crippen LogP contribution in [0.25, 0.3) is 0 Å². The van der Waals surface area contributed by atoms with Gasteiger partial charge in [0.1, 0.15) is 6.61 Å². The highest BCUT2D eigenvalue weighted by molar-refractivity contribution is 5.77. The zero-order chi connectivity index (χ0) is 14.9. The smallest absolute Gasteiger partial charge is 0.411 e. The molecule has 0 aliphatic rings. The van der Waals surface area contributed by atoms with Crippen molar-refractivity contribution in [2.45, 2.75) is 32.4 Å². The Bertz CT molecular complexity index is 294. The second-order valence-corrected chi connectivity index (χ2v) is 4.05. The van der Waals surface area contributed by atoms with E-state index in [0.717, 1.165) is 0 Å². The van der Waals surface area contributed by atoms with E-state index in [1.54, 1.807) is 0 Å². The van der Waals surface area contributed by atoms with Gasteiger partial charge in [-0.05, 0) is 6.42 Å². The van der Waals surface area contributed by atoms with Gasteiger partial charge in [0.15, 0.2) is 0 Å². The molecule has 0 spiro atoms. The third-order valence-electron chi connectivity index (χ3n) is 2.27. The monoisotopic (exact) mass is 285 g/mol. The number of halogens is 3. The van der Waals surface area contributed by atoms with Crippen LogP contribution in [0.15, 0.2) is 0 Å². The molecule has 19 heavy (non-hydrogen) atoms. The number of carbonyl (C=O) groups is 2. The fourth-order valence-corrected chi connectivity index (χ4v) is 1.34. The summed E-state index contributed by atoms with van der Waals surface area (Å²) in [7, 11) is 0. The molecule has 0 bridgehead atoms. The molecule has 0 aliphatic heterocycles. The molecule has 112 valence electrons. The van der Waals surface area contributed by atoms with E-state index in [4.69, 9.17) is 5.11 Å². The Balaban J connectivity index is 3.77. The van der Waals surface area contributed by atoms with Gasteiger partial charge in [-0.3, -0.25) is 9.59 Å². The minimum atomic E-state index is -4.41. The maximum atomic E-state index is 11.7. The van der Waals surface area contributed by atoms with E-state index in [1.807, 2.05) is 6.92 Å². The van der Waals surface area contributed by atoms with Crippen molar-refractivity contribution in [3.05, 3.63) is 0 Å².